The summed E-state index contributed by atoms with van der Waals surface area (Å²) in [5.41, 5.74) is 0.664. The zero-order valence-corrected chi connectivity index (χ0v) is 10.6. The number of rotatable bonds is 2. The van der Waals surface area contributed by atoms with Gasteiger partial charge in [-0.05, 0) is 51.4 Å². The molecule has 2 rings (SSSR count). The molecule has 2 aliphatic carbocycles. The molecular weight excluding hydrogens is 223 g/mol. The van der Waals surface area contributed by atoms with E-state index < -0.39 is 7.80 Å². The molecule has 0 aromatic carbocycles. The summed E-state index contributed by atoms with van der Waals surface area (Å²) in [4.78, 5) is 0. The molecule has 2 aliphatic rings. The highest BCUT2D eigenvalue weighted by Crippen LogP contribution is 2.47. The van der Waals surface area contributed by atoms with Crippen molar-refractivity contribution in [3.05, 3.63) is 0 Å². The molecule has 4 heteroatoms. The van der Waals surface area contributed by atoms with Crippen LogP contribution in [0, 0.1) is 0 Å². The average molecular weight is 245 g/mol. The molecule has 0 aromatic rings. The highest BCUT2D eigenvalue weighted by molar-refractivity contribution is 7.46. The van der Waals surface area contributed by atoms with Crippen LogP contribution >= 0.6 is 7.80 Å². The normalized spacial score (nSPS) is 41.8. The van der Waals surface area contributed by atoms with E-state index in [4.69, 9.17) is 0 Å². The number of aliphatic hydroxyl groups excluding tert-OH is 2. The predicted octanol–water partition coefficient (Wildman–Crippen LogP) is 2.42. The lowest BCUT2D eigenvalue weighted by molar-refractivity contribution is 0.127. The van der Waals surface area contributed by atoms with E-state index in [1.54, 1.807) is 0 Å². The van der Waals surface area contributed by atoms with Crippen LogP contribution in [0.5, 0.6) is 0 Å². The van der Waals surface area contributed by atoms with Crippen molar-refractivity contribution in [2.45, 2.75) is 74.9 Å². The second-order valence-corrected chi connectivity index (χ2v) is 7.46. The second kappa shape index (κ2) is 5.57. The summed E-state index contributed by atoms with van der Waals surface area (Å²) in [5, 5.41) is 18.9. The third kappa shape index (κ3) is 3.03. The Hall–Kier alpha value is 0.0200. The fourth-order valence-electron chi connectivity index (χ4n) is 2.92. The Labute approximate surface area is 98.0 Å². The molecule has 0 aromatic heterocycles. The maximum atomic E-state index is 12.4. The molecule has 92 valence electrons. The number of aliphatic hydroxyl groups is 2. The third-order valence-electron chi connectivity index (χ3n) is 4.05. The summed E-state index contributed by atoms with van der Waals surface area (Å²) < 4.78 is 12.4. The molecule has 3 nitrogen and oxygen atoms in total. The predicted molar refractivity (Wildman–Crippen MR) is 64.1 cm³/mol. The minimum absolute atomic E-state index is 0.159. The van der Waals surface area contributed by atoms with Crippen LogP contribution in [0.4, 0.5) is 0 Å². The minimum atomic E-state index is -1.13. The van der Waals surface area contributed by atoms with E-state index in [0.717, 1.165) is 51.4 Å². The topological polar surface area (TPSA) is 57.5 Å². The first kappa shape index (κ1) is 12.5. The van der Waals surface area contributed by atoms with E-state index in [0.29, 0.717) is 11.3 Å². The van der Waals surface area contributed by atoms with Crippen molar-refractivity contribution >= 4 is 7.80 Å². The zero-order valence-electron chi connectivity index (χ0n) is 9.72. The fraction of sp³-hybridized carbons (Fsp3) is 1.00. The van der Waals surface area contributed by atoms with Gasteiger partial charge < -0.3 is 10.2 Å². The van der Waals surface area contributed by atoms with Gasteiger partial charge in [0.05, 0.1) is 12.2 Å². The lowest BCUT2D eigenvalue weighted by Gasteiger charge is -2.24. The zero-order chi connectivity index (χ0) is 11.5. The van der Waals surface area contributed by atoms with Crippen LogP contribution in [0.15, 0.2) is 0 Å². The summed E-state index contributed by atoms with van der Waals surface area (Å²) in [6.07, 6.45) is 6.67. The van der Waals surface area contributed by atoms with Crippen molar-refractivity contribution < 1.29 is 14.8 Å². The lowest BCUT2D eigenvalue weighted by atomic mass is 9.97. The molecule has 0 saturated heterocycles. The average Bonchev–Trinajstić information content (AvgIpc) is 2.30. The molecule has 2 fully saturated rings. The molecule has 0 heterocycles. The van der Waals surface area contributed by atoms with Crippen LogP contribution in [0.2, 0.25) is 0 Å². The van der Waals surface area contributed by atoms with Crippen molar-refractivity contribution in [2.75, 3.05) is 0 Å². The minimum Gasteiger partial charge on any atom is -0.393 e. The molecule has 0 bridgehead atoms. The maximum Gasteiger partial charge on any atom is 0.344 e. The molecule has 0 atom stereocenters. The van der Waals surface area contributed by atoms with Crippen LogP contribution in [0.25, 0.3) is 0 Å². The molecule has 0 amide bonds. The molecule has 0 spiro atoms. The standard InChI is InChI=1S/C12H22O3P/c13-9-1-5-11(6-2-9)16(15)12-7-3-10(14)4-8-12/h9-14H,1-8H2/q+1. The quantitative estimate of drug-likeness (QED) is 0.734. The number of hydrogen-bond acceptors (Lipinski definition) is 3. The van der Waals surface area contributed by atoms with Gasteiger partial charge >= 0.3 is 7.80 Å². The second-order valence-electron chi connectivity index (χ2n) is 5.28. The monoisotopic (exact) mass is 245 g/mol. The van der Waals surface area contributed by atoms with Gasteiger partial charge in [-0.15, -0.1) is 0 Å². The van der Waals surface area contributed by atoms with Gasteiger partial charge in [0.2, 0.25) is 0 Å². The molecule has 2 N–H and O–H groups in total. The Morgan fingerprint density at radius 1 is 0.688 bits per heavy atom. The van der Waals surface area contributed by atoms with Crippen LogP contribution in [-0.2, 0) is 4.57 Å². The highest BCUT2D eigenvalue weighted by atomic mass is 31.1. The van der Waals surface area contributed by atoms with Gasteiger partial charge in [-0.2, -0.15) is 0 Å². The van der Waals surface area contributed by atoms with E-state index in [2.05, 4.69) is 0 Å². The lowest BCUT2D eigenvalue weighted by Crippen LogP contribution is -2.25. The summed E-state index contributed by atoms with van der Waals surface area (Å²) in [5.74, 6) is 0. The molecule has 16 heavy (non-hydrogen) atoms. The van der Waals surface area contributed by atoms with Crippen molar-refractivity contribution in [3.63, 3.8) is 0 Å². The molecule has 2 saturated carbocycles. The first-order valence-electron chi connectivity index (χ1n) is 6.48. The van der Waals surface area contributed by atoms with Crippen LogP contribution in [-0.4, -0.2) is 33.7 Å². The van der Waals surface area contributed by atoms with Crippen molar-refractivity contribution in [1.29, 1.82) is 0 Å². The fourth-order valence-corrected chi connectivity index (χ4v) is 5.13. The molecular formula is C12H22O3P+. The first-order valence-corrected chi connectivity index (χ1v) is 7.88. The van der Waals surface area contributed by atoms with Gasteiger partial charge in [0.25, 0.3) is 0 Å². The van der Waals surface area contributed by atoms with E-state index in [1.165, 1.54) is 0 Å². The van der Waals surface area contributed by atoms with Gasteiger partial charge in [-0.1, -0.05) is 4.57 Å². The summed E-state index contributed by atoms with van der Waals surface area (Å²) in [6.45, 7) is 0. The maximum absolute atomic E-state index is 12.4. The summed E-state index contributed by atoms with van der Waals surface area (Å²) in [6, 6.07) is 0. The van der Waals surface area contributed by atoms with Gasteiger partial charge in [0, 0.05) is 0 Å². The van der Waals surface area contributed by atoms with Crippen molar-refractivity contribution in [1.82, 2.24) is 0 Å². The van der Waals surface area contributed by atoms with E-state index >= 15 is 0 Å². The smallest absolute Gasteiger partial charge is 0.344 e. The van der Waals surface area contributed by atoms with Gasteiger partial charge in [-0.25, -0.2) is 0 Å². The van der Waals surface area contributed by atoms with Crippen LogP contribution in [0.1, 0.15) is 51.4 Å². The summed E-state index contributed by atoms with van der Waals surface area (Å²) >= 11 is 0. The largest absolute Gasteiger partial charge is 0.393 e. The van der Waals surface area contributed by atoms with Gasteiger partial charge in [0.15, 0.2) is 11.3 Å². The molecule has 0 unspecified atom stereocenters. The Morgan fingerprint density at radius 3 is 1.31 bits per heavy atom. The third-order valence-corrected chi connectivity index (χ3v) is 6.52. The summed E-state index contributed by atoms with van der Waals surface area (Å²) in [7, 11) is -1.13. The molecule has 0 radical (unpaired) electrons. The highest BCUT2D eigenvalue weighted by Gasteiger charge is 2.41. The van der Waals surface area contributed by atoms with E-state index in [-0.39, 0.29) is 12.2 Å². The van der Waals surface area contributed by atoms with E-state index in [1.807, 2.05) is 0 Å². The van der Waals surface area contributed by atoms with Crippen LogP contribution in [0.3, 0.4) is 0 Å². The van der Waals surface area contributed by atoms with E-state index in [9.17, 15) is 14.8 Å². The molecule has 0 aliphatic heterocycles. The Morgan fingerprint density at radius 2 is 1.00 bits per heavy atom. The Bertz CT molecular complexity index is 217. The first-order chi connectivity index (χ1) is 7.66. The van der Waals surface area contributed by atoms with Gasteiger partial charge in [-0.3, -0.25) is 0 Å². The Kier molecular flexibility index (Phi) is 4.34. The Balaban J connectivity index is 1.83. The van der Waals surface area contributed by atoms with Gasteiger partial charge in [0.1, 0.15) is 0 Å². The number of hydrogen-bond donors (Lipinski definition) is 2. The van der Waals surface area contributed by atoms with Crippen molar-refractivity contribution in [3.8, 4) is 0 Å². The van der Waals surface area contributed by atoms with Crippen LogP contribution < -0.4 is 0 Å². The SMILES string of the molecule is O=[P+](C1CCC(O)CC1)C1CCC(O)CC1. The van der Waals surface area contributed by atoms with Crippen molar-refractivity contribution in [2.24, 2.45) is 0 Å².